The van der Waals surface area contributed by atoms with Gasteiger partial charge in [0.15, 0.2) is 0 Å². The number of hydrogen-bond acceptors (Lipinski definition) is 3. The SMILES string of the molecule is COC(=O)Cc1cccc([C@@H]2CCCCN2)c1. The molecule has 2 rings (SSSR count). The van der Waals surface area contributed by atoms with Crippen LogP contribution in [0.2, 0.25) is 0 Å². The van der Waals surface area contributed by atoms with E-state index in [9.17, 15) is 4.79 Å². The van der Waals surface area contributed by atoms with Crippen LogP contribution in [-0.4, -0.2) is 19.6 Å². The van der Waals surface area contributed by atoms with Gasteiger partial charge >= 0.3 is 5.97 Å². The van der Waals surface area contributed by atoms with Crippen molar-refractivity contribution in [1.82, 2.24) is 5.32 Å². The first-order valence-corrected chi connectivity index (χ1v) is 6.18. The topological polar surface area (TPSA) is 38.3 Å². The number of carbonyl (C=O) groups is 1. The lowest BCUT2D eigenvalue weighted by Crippen LogP contribution is -2.26. The summed E-state index contributed by atoms with van der Waals surface area (Å²) in [5, 5.41) is 3.51. The molecule has 0 bridgehead atoms. The molecule has 0 radical (unpaired) electrons. The normalized spacial score (nSPS) is 19.9. The fourth-order valence-electron chi connectivity index (χ4n) is 2.29. The number of ether oxygens (including phenoxy) is 1. The van der Waals surface area contributed by atoms with Gasteiger partial charge in [-0.15, -0.1) is 0 Å². The predicted molar refractivity (Wildman–Crippen MR) is 66.8 cm³/mol. The number of hydrogen-bond donors (Lipinski definition) is 1. The van der Waals surface area contributed by atoms with Crippen LogP contribution in [0.1, 0.15) is 36.4 Å². The smallest absolute Gasteiger partial charge is 0.309 e. The minimum absolute atomic E-state index is 0.182. The van der Waals surface area contributed by atoms with E-state index in [1.54, 1.807) is 0 Å². The molecular weight excluding hydrogens is 214 g/mol. The van der Waals surface area contributed by atoms with Gasteiger partial charge in [0.1, 0.15) is 0 Å². The number of carbonyl (C=O) groups excluding carboxylic acids is 1. The Bertz CT molecular complexity index is 384. The molecule has 17 heavy (non-hydrogen) atoms. The summed E-state index contributed by atoms with van der Waals surface area (Å²) in [6.07, 6.45) is 4.08. The molecule has 1 heterocycles. The summed E-state index contributed by atoms with van der Waals surface area (Å²) in [7, 11) is 1.43. The molecule has 0 unspecified atom stereocenters. The van der Waals surface area contributed by atoms with Crippen molar-refractivity contribution in [2.45, 2.75) is 31.7 Å². The van der Waals surface area contributed by atoms with E-state index in [2.05, 4.69) is 22.2 Å². The van der Waals surface area contributed by atoms with Crippen molar-refractivity contribution in [3.05, 3.63) is 35.4 Å². The minimum Gasteiger partial charge on any atom is -0.469 e. The lowest BCUT2D eigenvalue weighted by Gasteiger charge is -2.24. The van der Waals surface area contributed by atoms with Crippen molar-refractivity contribution in [2.75, 3.05) is 13.7 Å². The van der Waals surface area contributed by atoms with Crippen molar-refractivity contribution in [3.63, 3.8) is 0 Å². The molecule has 3 heteroatoms. The highest BCUT2D eigenvalue weighted by Crippen LogP contribution is 2.23. The maximum atomic E-state index is 11.2. The van der Waals surface area contributed by atoms with Gasteiger partial charge in [0.2, 0.25) is 0 Å². The second-order valence-electron chi connectivity index (χ2n) is 4.50. The molecule has 0 spiro atoms. The largest absolute Gasteiger partial charge is 0.469 e. The van der Waals surface area contributed by atoms with Crippen molar-refractivity contribution in [2.24, 2.45) is 0 Å². The molecule has 1 saturated heterocycles. The minimum atomic E-state index is -0.182. The number of benzene rings is 1. The Kier molecular flexibility index (Phi) is 4.15. The Labute approximate surface area is 102 Å². The summed E-state index contributed by atoms with van der Waals surface area (Å²) < 4.78 is 4.68. The number of methoxy groups -OCH3 is 1. The van der Waals surface area contributed by atoms with Gasteiger partial charge in [0.25, 0.3) is 0 Å². The monoisotopic (exact) mass is 233 g/mol. The van der Waals surface area contributed by atoms with E-state index >= 15 is 0 Å². The molecule has 92 valence electrons. The number of nitrogens with one attached hydrogen (secondary N) is 1. The Morgan fingerprint density at radius 1 is 1.47 bits per heavy atom. The molecule has 3 nitrogen and oxygen atoms in total. The molecule has 1 aromatic rings. The summed E-state index contributed by atoms with van der Waals surface area (Å²) in [5.41, 5.74) is 2.31. The standard InChI is InChI=1S/C14H19NO2/c1-17-14(16)10-11-5-4-6-12(9-11)13-7-2-3-8-15-13/h4-6,9,13,15H,2-3,7-8,10H2,1H3/t13-/m0/s1. The predicted octanol–water partition coefficient (Wildman–Crippen LogP) is 2.22. The molecule has 1 fully saturated rings. The van der Waals surface area contributed by atoms with Crippen LogP contribution in [-0.2, 0) is 16.0 Å². The van der Waals surface area contributed by atoms with E-state index < -0.39 is 0 Å². The van der Waals surface area contributed by atoms with Crippen LogP contribution in [0.3, 0.4) is 0 Å². The van der Waals surface area contributed by atoms with Gasteiger partial charge in [-0.1, -0.05) is 30.7 Å². The highest BCUT2D eigenvalue weighted by atomic mass is 16.5. The first-order chi connectivity index (χ1) is 8.29. The maximum Gasteiger partial charge on any atom is 0.309 e. The summed E-state index contributed by atoms with van der Waals surface area (Å²) >= 11 is 0. The molecule has 1 aromatic carbocycles. The van der Waals surface area contributed by atoms with Gasteiger partial charge < -0.3 is 10.1 Å². The van der Waals surface area contributed by atoms with E-state index in [1.807, 2.05) is 12.1 Å². The fourth-order valence-corrected chi connectivity index (χ4v) is 2.29. The third-order valence-corrected chi connectivity index (χ3v) is 3.24. The summed E-state index contributed by atoms with van der Waals surface area (Å²) in [6.45, 7) is 1.09. The van der Waals surface area contributed by atoms with Crippen LogP contribution in [0, 0.1) is 0 Å². The second kappa shape index (κ2) is 5.82. The highest BCUT2D eigenvalue weighted by Gasteiger charge is 2.15. The number of rotatable bonds is 3. The van der Waals surface area contributed by atoms with Crippen molar-refractivity contribution >= 4 is 5.97 Å². The summed E-state index contributed by atoms with van der Waals surface area (Å²) in [5.74, 6) is -0.182. The van der Waals surface area contributed by atoms with E-state index in [-0.39, 0.29) is 5.97 Å². The molecule has 0 amide bonds. The molecule has 0 aliphatic carbocycles. The van der Waals surface area contributed by atoms with E-state index in [0.717, 1.165) is 12.1 Å². The second-order valence-corrected chi connectivity index (χ2v) is 4.50. The lowest BCUT2D eigenvalue weighted by atomic mass is 9.96. The van der Waals surface area contributed by atoms with Crippen LogP contribution in [0.25, 0.3) is 0 Å². The Hall–Kier alpha value is -1.35. The van der Waals surface area contributed by atoms with E-state index in [4.69, 9.17) is 0 Å². The Balaban J connectivity index is 2.07. The fraction of sp³-hybridized carbons (Fsp3) is 0.500. The molecule has 1 N–H and O–H groups in total. The van der Waals surface area contributed by atoms with E-state index in [1.165, 1.54) is 31.9 Å². The Morgan fingerprint density at radius 2 is 2.35 bits per heavy atom. The van der Waals surface area contributed by atoms with Crippen molar-refractivity contribution in [1.29, 1.82) is 0 Å². The van der Waals surface area contributed by atoms with Gasteiger partial charge in [-0.2, -0.15) is 0 Å². The van der Waals surface area contributed by atoms with Gasteiger partial charge in [0.05, 0.1) is 13.5 Å². The van der Waals surface area contributed by atoms with Crippen molar-refractivity contribution in [3.8, 4) is 0 Å². The summed E-state index contributed by atoms with van der Waals surface area (Å²) in [6, 6.07) is 8.68. The molecule has 0 saturated carbocycles. The molecule has 0 aromatic heterocycles. The maximum absolute atomic E-state index is 11.2. The zero-order chi connectivity index (χ0) is 12.1. The average molecular weight is 233 g/mol. The third kappa shape index (κ3) is 3.30. The van der Waals surface area contributed by atoms with Crippen LogP contribution in [0.4, 0.5) is 0 Å². The lowest BCUT2D eigenvalue weighted by molar-refractivity contribution is -0.139. The Morgan fingerprint density at radius 3 is 3.06 bits per heavy atom. The first kappa shape index (κ1) is 12.1. The molecule has 1 aliphatic rings. The molecule has 1 aliphatic heterocycles. The number of piperidine rings is 1. The molecular formula is C14H19NO2. The quantitative estimate of drug-likeness (QED) is 0.813. The van der Waals surface area contributed by atoms with Crippen LogP contribution >= 0.6 is 0 Å². The number of esters is 1. The zero-order valence-electron chi connectivity index (χ0n) is 10.2. The van der Waals surface area contributed by atoms with Gasteiger partial charge in [0, 0.05) is 6.04 Å². The van der Waals surface area contributed by atoms with Crippen molar-refractivity contribution < 1.29 is 9.53 Å². The first-order valence-electron chi connectivity index (χ1n) is 6.18. The van der Waals surface area contributed by atoms with Crippen LogP contribution in [0.15, 0.2) is 24.3 Å². The van der Waals surface area contributed by atoms with E-state index in [0.29, 0.717) is 12.5 Å². The van der Waals surface area contributed by atoms with Gasteiger partial charge in [-0.3, -0.25) is 4.79 Å². The van der Waals surface area contributed by atoms with Gasteiger partial charge in [-0.05, 0) is 30.5 Å². The highest BCUT2D eigenvalue weighted by molar-refractivity contribution is 5.72. The third-order valence-electron chi connectivity index (χ3n) is 3.24. The van der Waals surface area contributed by atoms with Crippen LogP contribution in [0.5, 0.6) is 0 Å². The van der Waals surface area contributed by atoms with Gasteiger partial charge in [-0.25, -0.2) is 0 Å². The summed E-state index contributed by atoms with van der Waals surface area (Å²) in [4.78, 5) is 11.2. The zero-order valence-corrected chi connectivity index (χ0v) is 10.2. The molecule has 1 atom stereocenters. The van der Waals surface area contributed by atoms with Crippen LogP contribution < -0.4 is 5.32 Å². The average Bonchev–Trinajstić information content (AvgIpc) is 2.40.